The Morgan fingerprint density at radius 2 is 2.25 bits per heavy atom. The molecular weight excluding hydrogens is 200 g/mol. The number of nitrogens with one attached hydrogen (secondary N) is 2. The lowest BCUT2D eigenvalue weighted by Crippen LogP contribution is -2.17. The van der Waals surface area contributed by atoms with Crippen LogP contribution in [0.3, 0.4) is 0 Å². The zero-order chi connectivity index (χ0) is 11.5. The van der Waals surface area contributed by atoms with Crippen LogP contribution in [-0.4, -0.2) is 4.98 Å². The van der Waals surface area contributed by atoms with E-state index < -0.39 is 0 Å². The smallest absolute Gasteiger partial charge is 0.105 e. The number of rotatable bonds is 4. The summed E-state index contributed by atoms with van der Waals surface area (Å²) in [4.78, 5) is 3.05. The monoisotopic (exact) mass is 218 g/mol. The van der Waals surface area contributed by atoms with Crippen LogP contribution in [0.25, 0.3) is 0 Å². The highest BCUT2D eigenvalue weighted by Gasteiger charge is 2.11. The maximum absolute atomic E-state index is 5.53. The van der Waals surface area contributed by atoms with E-state index in [1.807, 2.05) is 26.2 Å². The lowest BCUT2D eigenvalue weighted by molar-refractivity contribution is 0.489. The van der Waals surface area contributed by atoms with Crippen LogP contribution in [0.5, 0.6) is 0 Å². The van der Waals surface area contributed by atoms with E-state index in [2.05, 4.69) is 29.4 Å². The standard InChI is InChI=1S/C13H18N2O/c1-9-6-13(11(3)16-9)10(2)15-8-12-4-5-14-7-12/h4-7,10,14-15H,8H2,1-3H3. The summed E-state index contributed by atoms with van der Waals surface area (Å²) >= 11 is 0. The van der Waals surface area contributed by atoms with Gasteiger partial charge in [0.1, 0.15) is 11.5 Å². The first-order chi connectivity index (χ1) is 7.66. The van der Waals surface area contributed by atoms with Gasteiger partial charge in [-0.3, -0.25) is 0 Å². The Morgan fingerprint density at radius 1 is 1.44 bits per heavy atom. The average Bonchev–Trinajstić information content (AvgIpc) is 2.84. The predicted molar refractivity (Wildman–Crippen MR) is 64.2 cm³/mol. The molecular formula is C13H18N2O. The van der Waals surface area contributed by atoms with Crippen LogP contribution in [-0.2, 0) is 6.54 Å². The van der Waals surface area contributed by atoms with Gasteiger partial charge in [-0.2, -0.15) is 0 Å². The molecule has 2 aromatic heterocycles. The molecule has 0 aliphatic rings. The molecule has 0 aliphatic heterocycles. The molecule has 0 saturated carbocycles. The molecule has 0 aliphatic carbocycles. The van der Waals surface area contributed by atoms with Crippen molar-refractivity contribution < 1.29 is 4.42 Å². The van der Waals surface area contributed by atoms with Gasteiger partial charge in [0.25, 0.3) is 0 Å². The molecule has 0 amide bonds. The molecule has 1 atom stereocenters. The van der Waals surface area contributed by atoms with Crippen molar-refractivity contribution in [3.05, 3.63) is 47.2 Å². The molecule has 3 heteroatoms. The van der Waals surface area contributed by atoms with Gasteiger partial charge >= 0.3 is 0 Å². The molecule has 16 heavy (non-hydrogen) atoms. The Labute approximate surface area is 95.9 Å². The zero-order valence-electron chi connectivity index (χ0n) is 10.0. The van der Waals surface area contributed by atoms with Gasteiger partial charge in [0.05, 0.1) is 0 Å². The molecule has 2 aromatic rings. The lowest BCUT2D eigenvalue weighted by Gasteiger charge is -2.12. The Balaban J connectivity index is 1.98. The van der Waals surface area contributed by atoms with Gasteiger partial charge in [0, 0.05) is 30.5 Å². The summed E-state index contributed by atoms with van der Waals surface area (Å²) in [5.41, 5.74) is 2.51. The third kappa shape index (κ3) is 2.36. The van der Waals surface area contributed by atoms with Crippen molar-refractivity contribution in [2.24, 2.45) is 0 Å². The van der Waals surface area contributed by atoms with Crippen LogP contribution in [0.4, 0.5) is 0 Å². The largest absolute Gasteiger partial charge is 0.466 e. The minimum Gasteiger partial charge on any atom is -0.466 e. The lowest BCUT2D eigenvalue weighted by atomic mass is 10.1. The van der Waals surface area contributed by atoms with Crippen LogP contribution in [0, 0.1) is 13.8 Å². The fourth-order valence-corrected chi connectivity index (χ4v) is 1.93. The Bertz CT molecular complexity index is 442. The first kappa shape index (κ1) is 11.0. The third-order valence-electron chi connectivity index (χ3n) is 2.82. The second-order valence-corrected chi connectivity index (χ2v) is 4.19. The van der Waals surface area contributed by atoms with E-state index in [0.717, 1.165) is 18.1 Å². The number of hydrogen-bond donors (Lipinski definition) is 2. The second-order valence-electron chi connectivity index (χ2n) is 4.19. The molecule has 2 heterocycles. The summed E-state index contributed by atoms with van der Waals surface area (Å²) in [7, 11) is 0. The summed E-state index contributed by atoms with van der Waals surface area (Å²) in [6.45, 7) is 7.02. The fourth-order valence-electron chi connectivity index (χ4n) is 1.93. The van der Waals surface area contributed by atoms with Gasteiger partial charge in [-0.15, -0.1) is 0 Å². The SMILES string of the molecule is Cc1cc(C(C)NCc2cc[nH]c2)c(C)o1. The van der Waals surface area contributed by atoms with Crippen molar-refractivity contribution >= 4 is 0 Å². The molecule has 2 rings (SSSR count). The number of furan rings is 1. The summed E-state index contributed by atoms with van der Waals surface area (Å²) < 4.78 is 5.53. The molecule has 0 fully saturated rings. The highest BCUT2D eigenvalue weighted by Crippen LogP contribution is 2.21. The number of aryl methyl sites for hydroxylation is 2. The van der Waals surface area contributed by atoms with Crippen molar-refractivity contribution in [3.8, 4) is 0 Å². The van der Waals surface area contributed by atoms with E-state index in [1.165, 1.54) is 11.1 Å². The van der Waals surface area contributed by atoms with Crippen LogP contribution < -0.4 is 5.32 Å². The van der Waals surface area contributed by atoms with Crippen molar-refractivity contribution in [1.29, 1.82) is 0 Å². The first-order valence-corrected chi connectivity index (χ1v) is 5.59. The van der Waals surface area contributed by atoms with E-state index in [4.69, 9.17) is 4.42 Å². The van der Waals surface area contributed by atoms with E-state index in [-0.39, 0.29) is 0 Å². The molecule has 2 N–H and O–H groups in total. The summed E-state index contributed by atoms with van der Waals surface area (Å²) in [6, 6.07) is 4.49. The third-order valence-corrected chi connectivity index (χ3v) is 2.82. The molecule has 0 aromatic carbocycles. The van der Waals surface area contributed by atoms with Crippen LogP contribution in [0.15, 0.2) is 28.9 Å². The van der Waals surface area contributed by atoms with Crippen molar-refractivity contribution in [2.45, 2.75) is 33.4 Å². The van der Waals surface area contributed by atoms with Crippen molar-refractivity contribution in [3.63, 3.8) is 0 Å². The first-order valence-electron chi connectivity index (χ1n) is 5.59. The van der Waals surface area contributed by atoms with Crippen molar-refractivity contribution in [1.82, 2.24) is 10.3 Å². The van der Waals surface area contributed by atoms with E-state index in [0.29, 0.717) is 6.04 Å². The van der Waals surface area contributed by atoms with Gasteiger partial charge < -0.3 is 14.7 Å². The zero-order valence-corrected chi connectivity index (χ0v) is 10.0. The molecule has 3 nitrogen and oxygen atoms in total. The highest BCUT2D eigenvalue weighted by atomic mass is 16.3. The van der Waals surface area contributed by atoms with Crippen molar-refractivity contribution in [2.75, 3.05) is 0 Å². The molecule has 1 unspecified atom stereocenters. The molecule has 0 spiro atoms. The van der Waals surface area contributed by atoms with E-state index >= 15 is 0 Å². The molecule has 0 bridgehead atoms. The van der Waals surface area contributed by atoms with Crippen LogP contribution in [0.1, 0.15) is 35.6 Å². The summed E-state index contributed by atoms with van der Waals surface area (Å²) in [5, 5.41) is 3.48. The van der Waals surface area contributed by atoms with Gasteiger partial charge in [-0.1, -0.05) is 0 Å². The quantitative estimate of drug-likeness (QED) is 0.828. The predicted octanol–water partition coefficient (Wildman–Crippen LogP) is 3.08. The van der Waals surface area contributed by atoms with Gasteiger partial charge in [0.15, 0.2) is 0 Å². The fraction of sp³-hybridized carbons (Fsp3) is 0.385. The molecule has 86 valence electrons. The Morgan fingerprint density at radius 3 is 2.81 bits per heavy atom. The van der Waals surface area contributed by atoms with E-state index in [9.17, 15) is 0 Å². The van der Waals surface area contributed by atoms with Crippen LogP contribution in [0.2, 0.25) is 0 Å². The minimum atomic E-state index is 0.312. The minimum absolute atomic E-state index is 0.312. The Hall–Kier alpha value is -1.48. The van der Waals surface area contributed by atoms with E-state index in [1.54, 1.807) is 0 Å². The normalized spacial score (nSPS) is 12.9. The average molecular weight is 218 g/mol. The topological polar surface area (TPSA) is 41.0 Å². The highest BCUT2D eigenvalue weighted by molar-refractivity contribution is 5.23. The number of H-pyrrole nitrogens is 1. The second kappa shape index (κ2) is 4.58. The number of hydrogen-bond acceptors (Lipinski definition) is 2. The maximum Gasteiger partial charge on any atom is 0.105 e. The summed E-state index contributed by atoms with van der Waals surface area (Å²) in [5.74, 6) is 1.98. The molecule has 0 saturated heterocycles. The Kier molecular flexibility index (Phi) is 3.15. The number of aromatic nitrogens is 1. The number of aromatic amines is 1. The molecule has 0 radical (unpaired) electrons. The van der Waals surface area contributed by atoms with Crippen LogP contribution >= 0.6 is 0 Å². The van der Waals surface area contributed by atoms with Gasteiger partial charge in [0.2, 0.25) is 0 Å². The maximum atomic E-state index is 5.53. The summed E-state index contributed by atoms with van der Waals surface area (Å²) in [6.07, 6.45) is 3.95. The van der Waals surface area contributed by atoms with Gasteiger partial charge in [-0.05, 0) is 38.5 Å². The van der Waals surface area contributed by atoms with Gasteiger partial charge in [-0.25, -0.2) is 0 Å².